The first-order chi connectivity index (χ1) is 14.6. The molecule has 1 saturated heterocycles. The molecule has 9 nitrogen and oxygen atoms in total. The van der Waals surface area contributed by atoms with Gasteiger partial charge in [-0.1, -0.05) is 12.1 Å². The third-order valence-electron chi connectivity index (χ3n) is 4.60. The fourth-order valence-corrected chi connectivity index (χ4v) is 3.07. The minimum Gasteiger partial charge on any atom is -0.348 e. The Morgan fingerprint density at radius 1 is 1.17 bits per heavy atom. The van der Waals surface area contributed by atoms with Crippen LogP contribution in [0.1, 0.15) is 24.9 Å². The Kier molecular flexibility index (Phi) is 5.64. The van der Waals surface area contributed by atoms with E-state index >= 15 is 0 Å². The molecule has 1 aromatic carbocycles. The van der Waals surface area contributed by atoms with Crippen molar-refractivity contribution in [3.8, 4) is 0 Å². The normalized spacial score (nSPS) is 14.7. The molecule has 1 aliphatic rings. The predicted molar refractivity (Wildman–Crippen MR) is 111 cm³/mol. The second-order valence-electron chi connectivity index (χ2n) is 6.81. The van der Waals surface area contributed by atoms with Crippen LogP contribution in [0.25, 0.3) is 0 Å². The van der Waals surface area contributed by atoms with E-state index in [2.05, 4.69) is 35.9 Å². The van der Waals surface area contributed by atoms with Gasteiger partial charge in [-0.2, -0.15) is 9.97 Å². The Hall–Kier alpha value is -3.82. The number of hydrogen-bond donors (Lipinski definition) is 3. The van der Waals surface area contributed by atoms with Crippen LogP contribution in [0.5, 0.6) is 0 Å². The lowest BCUT2D eigenvalue weighted by atomic mass is 10.1. The number of nitrogens with one attached hydrogen (secondary N) is 3. The van der Waals surface area contributed by atoms with Crippen molar-refractivity contribution in [1.82, 2.24) is 25.3 Å². The predicted octanol–water partition coefficient (Wildman–Crippen LogP) is 3.24. The van der Waals surface area contributed by atoms with Crippen molar-refractivity contribution < 1.29 is 9.18 Å². The van der Waals surface area contributed by atoms with Crippen molar-refractivity contribution in [2.75, 3.05) is 28.6 Å². The molecule has 154 valence electrons. The van der Waals surface area contributed by atoms with Crippen LogP contribution in [-0.2, 0) is 0 Å². The number of rotatable bonds is 6. The summed E-state index contributed by atoms with van der Waals surface area (Å²) in [6.45, 7) is 3.12. The molecule has 1 atom stereocenters. The molecule has 2 aromatic heterocycles. The highest BCUT2D eigenvalue weighted by atomic mass is 19.1. The summed E-state index contributed by atoms with van der Waals surface area (Å²) in [4.78, 5) is 31.1. The van der Waals surface area contributed by atoms with Crippen molar-refractivity contribution in [3.05, 3.63) is 60.3 Å². The first-order valence-corrected chi connectivity index (χ1v) is 9.58. The van der Waals surface area contributed by atoms with E-state index in [0.29, 0.717) is 36.5 Å². The number of benzene rings is 1. The van der Waals surface area contributed by atoms with Gasteiger partial charge in [-0.25, -0.2) is 14.2 Å². The molecule has 4 rings (SSSR count). The van der Waals surface area contributed by atoms with Crippen LogP contribution in [0, 0.1) is 5.82 Å². The van der Waals surface area contributed by atoms with Crippen molar-refractivity contribution in [3.63, 3.8) is 0 Å². The van der Waals surface area contributed by atoms with E-state index in [0.717, 1.165) is 12.0 Å². The molecule has 0 unspecified atom stereocenters. The number of amides is 2. The van der Waals surface area contributed by atoms with Crippen molar-refractivity contribution in [2.45, 2.75) is 19.4 Å². The maximum Gasteiger partial charge on any atom is 0.323 e. The molecule has 3 heterocycles. The first kappa shape index (κ1) is 19.5. The van der Waals surface area contributed by atoms with Crippen LogP contribution in [0.15, 0.2) is 48.9 Å². The molecular formula is C20H21FN8O. The SMILES string of the molecule is C[C@H](Nc1nc(Nc2cnccn2)cc(N2CCCNC2=O)n1)c1ccc(F)cc1. The summed E-state index contributed by atoms with van der Waals surface area (Å²) < 4.78 is 13.2. The second-order valence-corrected chi connectivity index (χ2v) is 6.81. The first-order valence-electron chi connectivity index (χ1n) is 9.58. The van der Waals surface area contributed by atoms with Gasteiger partial charge in [0.2, 0.25) is 5.95 Å². The molecule has 30 heavy (non-hydrogen) atoms. The number of nitrogens with zero attached hydrogens (tertiary/aromatic N) is 5. The third kappa shape index (κ3) is 4.59. The van der Waals surface area contributed by atoms with Crippen LogP contribution in [0.4, 0.5) is 32.6 Å². The van der Waals surface area contributed by atoms with Gasteiger partial charge in [0.1, 0.15) is 23.3 Å². The smallest absolute Gasteiger partial charge is 0.323 e. The summed E-state index contributed by atoms with van der Waals surface area (Å²) in [7, 11) is 0. The Bertz CT molecular complexity index is 1020. The van der Waals surface area contributed by atoms with Crippen LogP contribution in [0.3, 0.4) is 0 Å². The van der Waals surface area contributed by atoms with E-state index in [4.69, 9.17) is 0 Å². The zero-order chi connectivity index (χ0) is 20.9. The summed E-state index contributed by atoms with van der Waals surface area (Å²) in [5.74, 6) is 1.47. The van der Waals surface area contributed by atoms with Crippen molar-refractivity contribution in [2.24, 2.45) is 0 Å². The Labute approximate surface area is 172 Å². The average molecular weight is 408 g/mol. The molecule has 1 aliphatic heterocycles. The number of carbonyl (C=O) groups excluding carboxylic acids is 1. The lowest BCUT2D eigenvalue weighted by Gasteiger charge is -2.27. The minimum atomic E-state index is -0.296. The number of anilines is 4. The van der Waals surface area contributed by atoms with Crippen molar-refractivity contribution in [1.29, 1.82) is 0 Å². The standard InChI is InChI=1S/C20H21FN8O/c1-13(14-3-5-15(21)6-4-14)25-19-27-16(26-17-12-22-8-9-23-17)11-18(28-19)29-10-2-7-24-20(29)30/h3-6,8-9,11-13H,2,7,10H2,1H3,(H,24,30)(H2,23,25,26,27,28)/t13-/m0/s1. The lowest BCUT2D eigenvalue weighted by Crippen LogP contribution is -2.47. The van der Waals surface area contributed by atoms with Gasteiger partial charge < -0.3 is 16.0 Å². The molecule has 0 aliphatic carbocycles. The molecule has 3 aromatic rings. The summed E-state index contributed by atoms with van der Waals surface area (Å²) in [5, 5.41) is 9.12. The van der Waals surface area contributed by atoms with E-state index in [1.54, 1.807) is 41.7 Å². The van der Waals surface area contributed by atoms with E-state index in [1.165, 1.54) is 12.1 Å². The van der Waals surface area contributed by atoms with Gasteiger partial charge in [0.05, 0.1) is 12.2 Å². The second kappa shape index (κ2) is 8.68. The molecule has 3 N–H and O–H groups in total. The molecule has 0 bridgehead atoms. The Morgan fingerprint density at radius 3 is 2.73 bits per heavy atom. The molecular weight excluding hydrogens is 387 g/mol. The highest BCUT2D eigenvalue weighted by molar-refractivity contribution is 5.92. The molecule has 0 radical (unpaired) electrons. The monoisotopic (exact) mass is 408 g/mol. The summed E-state index contributed by atoms with van der Waals surface area (Å²) in [5.41, 5.74) is 0.879. The maximum atomic E-state index is 13.2. The van der Waals surface area contributed by atoms with Crippen LogP contribution < -0.4 is 20.9 Å². The van der Waals surface area contributed by atoms with Crippen LogP contribution in [0.2, 0.25) is 0 Å². The number of aromatic nitrogens is 4. The number of carbonyl (C=O) groups is 1. The molecule has 10 heteroatoms. The quantitative estimate of drug-likeness (QED) is 0.575. The molecule has 2 amide bonds. The topological polar surface area (TPSA) is 108 Å². The number of hydrogen-bond acceptors (Lipinski definition) is 7. The van der Waals surface area contributed by atoms with E-state index < -0.39 is 0 Å². The van der Waals surface area contributed by atoms with Crippen LogP contribution >= 0.6 is 0 Å². The number of halogens is 1. The average Bonchev–Trinajstić information content (AvgIpc) is 2.75. The van der Waals surface area contributed by atoms with E-state index in [-0.39, 0.29) is 17.9 Å². The summed E-state index contributed by atoms with van der Waals surface area (Å²) in [6.07, 6.45) is 5.53. The van der Waals surface area contributed by atoms with E-state index in [9.17, 15) is 9.18 Å². The Balaban J connectivity index is 1.63. The third-order valence-corrected chi connectivity index (χ3v) is 4.60. The minimum absolute atomic E-state index is 0.180. The Morgan fingerprint density at radius 2 is 2.00 bits per heavy atom. The van der Waals surface area contributed by atoms with E-state index in [1.807, 2.05) is 6.92 Å². The zero-order valence-corrected chi connectivity index (χ0v) is 16.3. The summed E-state index contributed by atoms with van der Waals surface area (Å²) >= 11 is 0. The fraction of sp³-hybridized carbons (Fsp3) is 0.250. The molecule has 0 saturated carbocycles. The lowest BCUT2D eigenvalue weighted by molar-refractivity contribution is 0.242. The van der Waals surface area contributed by atoms with Gasteiger partial charge in [-0.3, -0.25) is 9.88 Å². The summed E-state index contributed by atoms with van der Waals surface area (Å²) in [6, 6.07) is 7.52. The maximum absolute atomic E-state index is 13.2. The highest BCUT2D eigenvalue weighted by Crippen LogP contribution is 2.24. The van der Waals surface area contributed by atoms with Crippen molar-refractivity contribution >= 4 is 29.4 Å². The largest absolute Gasteiger partial charge is 0.348 e. The van der Waals surface area contributed by atoms with Gasteiger partial charge >= 0.3 is 6.03 Å². The van der Waals surface area contributed by atoms with Crippen LogP contribution in [-0.4, -0.2) is 39.1 Å². The van der Waals surface area contributed by atoms with Gasteiger partial charge in [0, 0.05) is 31.5 Å². The zero-order valence-electron chi connectivity index (χ0n) is 16.3. The van der Waals surface area contributed by atoms with Gasteiger partial charge in [0.15, 0.2) is 0 Å². The highest BCUT2D eigenvalue weighted by Gasteiger charge is 2.22. The molecule has 0 spiro atoms. The fourth-order valence-electron chi connectivity index (χ4n) is 3.07. The number of urea groups is 1. The van der Waals surface area contributed by atoms with Gasteiger partial charge in [0.25, 0.3) is 0 Å². The van der Waals surface area contributed by atoms with Gasteiger partial charge in [-0.05, 0) is 31.0 Å². The molecule has 1 fully saturated rings. The van der Waals surface area contributed by atoms with Gasteiger partial charge in [-0.15, -0.1) is 0 Å².